The molecule has 1 aromatic carbocycles. The molecule has 0 unspecified atom stereocenters. The summed E-state index contributed by atoms with van der Waals surface area (Å²) in [6, 6.07) is 13.4. The molecule has 3 aromatic rings. The van der Waals surface area contributed by atoms with Crippen molar-refractivity contribution in [2.45, 2.75) is 32.1 Å². The molecule has 1 N–H and O–H groups in total. The van der Waals surface area contributed by atoms with E-state index in [4.69, 9.17) is 0 Å². The van der Waals surface area contributed by atoms with Crippen molar-refractivity contribution < 1.29 is 9.59 Å². The van der Waals surface area contributed by atoms with Crippen molar-refractivity contribution in [3.05, 3.63) is 81.6 Å². The van der Waals surface area contributed by atoms with Gasteiger partial charge in [0.15, 0.2) is 5.78 Å². The number of rotatable bonds is 8. The monoisotopic (exact) mass is 393 g/mol. The molecule has 1 atom stereocenters. The molecule has 0 fully saturated rings. The van der Waals surface area contributed by atoms with E-state index in [1.165, 1.54) is 0 Å². The van der Waals surface area contributed by atoms with Gasteiger partial charge in [-0.15, -0.1) is 11.3 Å². The maximum atomic E-state index is 12.8. The third kappa shape index (κ3) is 4.89. The van der Waals surface area contributed by atoms with Gasteiger partial charge >= 0.3 is 0 Å². The van der Waals surface area contributed by atoms with Crippen LogP contribution in [-0.2, 0) is 6.42 Å². The van der Waals surface area contributed by atoms with Crippen molar-refractivity contribution in [3.8, 4) is 0 Å². The number of hydrogen-bond donors (Lipinski definition) is 1. The van der Waals surface area contributed by atoms with Crippen LogP contribution in [0.1, 0.15) is 62.8 Å². The lowest BCUT2D eigenvalue weighted by Gasteiger charge is -2.14. The highest BCUT2D eigenvalue weighted by molar-refractivity contribution is 7.09. The summed E-state index contributed by atoms with van der Waals surface area (Å²) in [5, 5.41) is 5.57. The van der Waals surface area contributed by atoms with Crippen LogP contribution in [0.4, 0.5) is 0 Å². The maximum Gasteiger partial charge on any atom is 0.269 e. The minimum atomic E-state index is -0.293. The maximum absolute atomic E-state index is 12.8. The molecule has 0 saturated heterocycles. The van der Waals surface area contributed by atoms with Crippen LogP contribution in [0.3, 0.4) is 0 Å². The molecule has 5 nitrogen and oxygen atoms in total. The van der Waals surface area contributed by atoms with E-state index in [0.717, 1.165) is 29.1 Å². The van der Waals surface area contributed by atoms with Gasteiger partial charge in [0.1, 0.15) is 5.69 Å². The number of benzene rings is 1. The summed E-state index contributed by atoms with van der Waals surface area (Å²) in [6.07, 6.45) is 3.70. The molecule has 28 heavy (non-hydrogen) atoms. The molecular formula is C22H23N3O2S. The lowest BCUT2D eigenvalue weighted by molar-refractivity contribution is 0.0958. The molecule has 2 heterocycles. The van der Waals surface area contributed by atoms with Gasteiger partial charge in [-0.05, 0) is 30.5 Å². The molecule has 0 aliphatic rings. The Labute approximate surface area is 168 Å². The molecular weight excluding hydrogens is 370 g/mol. The number of aryl methyl sites for hydroxylation is 1. The smallest absolute Gasteiger partial charge is 0.269 e. The van der Waals surface area contributed by atoms with Gasteiger partial charge in [0.25, 0.3) is 5.91 Å². The summed E-state index contributed by atoms with van der Waals surface area (Å²) in [5.41, 5.74) is 2.61. The number of thiazole rings is 1. The third-order valence-electron chi connectivity index (χ3n) is 4.65. The highest BCUT2D eigenvalue weighted by Gasteiger charge is 2.18. The fraction of sp³-hybridized carbons (Fsp3) is 0.273. The molecule has 6 heteroatoms. The highest BCUT2D eigenvalue weighted by atomic mass is 32.1. The number of nitrogens with zero attached hydrogens (tertiary/aromatic N) is 2. The first-order chi connectivity index (χ1) is 13.6. The van der Waals surface area contributed by atoms with E-state index < -0.39 is 0 Å². The zero-order chi connectivity index (χ0) is 19.9. The topological polar surface area (TPSA) is 72.0 Å². The van der Waals surface area contributed by atoms with Crippen molar-refractivity contribution in [1.82, 2.24) is 15.3 Å². The van der Waals surface area contributed by atoms with Gasteiger partial charge in [-0.1, -0.05) is 37.3 Å². The number of pyridine rings is 1. The van der Waals surface area contributed by atoms with Crippen molar-refractivity contribution in [2.75, 3.05) is 7.05 Å². The van der Waals surface area contributed by atoms with E-state index in [9.17, 15) is 9.59 Å². The fourth-order valence-corrected chi connectivity index (χ4v) is 3.68. The molecule has 0 aliphatic heterocycles. The lowest BCUT2D eigenvalue weighted by atomic mass is 9.94. The summed E-state index contributed by atoms with van der Waals surface area (Å²) in [5.74, 6) is -0.294. The van der Waals surface area contributed by atoms with Crippen LogP contribution in [0.25, 0.3) is 0 Å². The molecule has 0 radical (unpaired) electrons. The second-order valence-electron chi connectivity index (χ2n) is 6.58. The van der Waals surface area contributed by atoms with Gasteiger partial charge in [-0.3, -0.25) is 9.59 Å². The Morgan fingerprint density at radius 2 is 1.96 bits per heavy atom. The van der Waals surface area contributed by atoms with E-state index in [1.54, 1.807) is 30.6 Å². The Bertz CT molecular complexity index is 940. The zero-order valence-electron chi connectivity index (χ0n) is 16.0. The first kappa shape index (κ1) is 19.9. The average Bonchev–Trinajstić information content (AvgIpc) is 3.26. The molecule has 0 bridgehead atoms. The van der Waals surface area contributed by atoms with E-state index >= 15 is 0 Å². The number of Topliss-reactive ketones (excluding diaryl/α,β-unsaturated/α-hetero) is 1. The summed E-state index contributed by atoms with van der Waals surface area (Å²) >= 11 is 1.60. The first-order valence-electron chi connectivity index (χ1n) is 9.29. The Morgan fingerprint density at radius 3 is 2.64 bits per heavy atom. The van der Waals surface area contributed by atoms with E-state index in [2.05, 4.69) is 15.3 Å². The van der Waals surface area contributed by atoms with Gasteiger partial charge in [-0.25, -0.2) is 9.97 Å². The molecule has 144 valence electrons. The Hall–Kier alpha value is -2.86. The van der Waals surface area contributed by atoms with Crippen molar-refractivity contribution >= 4 is 23.0 Å². The molecule has 1 amide bonds. The van der Waals surface area contributed by atoms with E-state index in [-0.39, 0.29) is 23.3 Å². The summed E-state index contributed by atoms with van der Waals surface area (Å²) in [7, 11) is 1.56. The van der Waals surface area contributed by atoms with E-state index in [0.29, 0.717) is 12.0 Å². The molecule has 0 spiro atoms. The number of nitrogens with one attached hydrogen (secondary N) is 1. The minimum absolute atomic E-state index is 0.0191. The Morgan fingerprint density at radius 1 is 1.18 bits per heavy atom. The fourth-order valence-electron chi connectivity index (χ4n) is 3.01. The number of carbonyl (C=O) groups excluding carboxylic acids is 2. The average molecular weight is 394 g/mol. The van der Waals surface area contributed by atoms with Gasteiger partial charge < -0.3 is 5.32 Å². The van der Waals surface area contributed by atoms with Crippen LogP contribution < -0.4 is 5.32 Å². The third-order valence-corrected chi connectivity index (χ3v) is 5.49. The van der Waals surface area contributed by atoms with Gasteiger partial charge in [0.05, 0.1) is 5.01 Å². The second kappa shape index (κ2) is 9.37. The predicted octanol–water partition coefficient (Wildman–Crippen LogP) is 4.26. The van der Waals surface area contributed by atoms with Gasteiger partial charge in [-0.2, -0.15) is 0 Å². The van der Waals surface area contributed by atoms with Crippen molar-refractivity contribution in [3.63, 3.8) is 0 Å². The highest BCUT2D eigenvalue weighted by Crippen LogP contribution is 2.24. The first-order valence-corrected chi connectivity index (χ1v) is 10.2. The van der Waals surface area contributed by atoms with Gasteiger partial charge in [0.2, 0.25) is 0 Å². The van der Waals surface area contributed by atoms with Crippen LogP contribution in [-0.4, -0.2) is 28.7 Å². The standard InChI is InChI=1S/C22H23N3O2S/c1-15(16-7-4-3-5-8-16)18-13-17(14-19(25-18)22(27)23-2)20(26)9-6-10-21-24-11-12-28-21/h3-5,7-8,11-15H,6,9-10H2,1-2H3,(H,23,27)/t15-/m0/s1. The second-order valence-corrected chi connectivity index (χ2v) is 7.56. The zero-order valence-corrected chi connectivity index (χ0v) is 16.8. The lowest BCUT2D eigenvalue weighted by Crippen LogP contribution is -2.21. The predicted molar refractivity (Wildman–Crippen MR) is 111 cm³/mol. The normalized spacial score (nSPS) is 11.8. The van der Waals surface area contributed by atoms with Crippen molar-refractivity contribution in [2.24, 2.45) is 0 Å². The molecule has 0 saturated carbocycles. The van der Waals surface area contributed by atoms with E-state index in [1.807, 2.05) is 48.7 Å². The largest absolute Gasteiger partial charge is 0.354 e. The summed E-state index contributed by atoms with van der Waals surface area (Å²) in [6.45, 7) is 2.03. The SMILES string of the molecule is CNC(=O)c1cc(C(=O)CCCc2nccs2)cc([C@@H](C)c2ccccc2)n1. The van der Waals surface area contributed by atoms with Crippen LogP contribution in [0.2, 0.25) is 0 Å². The van der Waals surface area contributed by atoms with Crippen LogP contribution in [0.5, 0.6) is 0 Å². The molecule has 0 aliphatic carbocycles. The van der Waals surface area contributed by atoms with Crippen LogP contribution in [0, 0.1) is 0 Å². The number of ketones is 1. The molecule has 2 aromatic heterocycles. The van der Waals surface area contributed by atoms with Crippen molar-refractivity contribution in [1.29, 1.82) is 0 Å². The van der Waals surface area contributed by atoms with Crippen LogP contribution in [0.15, 0.2) is 54.0 Å². The Kier molecular flexibility index (Phi) is 6.66. The quantitative estimate of drug-likeness (QED) is 0.581. The number of amides is 1. The Balaban J connectivity index is 1.82. The number of aromatic nitrogens is 2. The van der Waals surface area contributed by atoms with Gasteiger partial charge in [0, 0.05) is 42.2 Å². The minimum Gasteiger partial charge on any atom is -0.354 e. The number of carbonyl (C=O) groups is 2. The number of hydrogen-bond acceptors (Lipinski definition) is 5. The molecule has 3 rings (SSSR count). The summed E-state index contributed by atoms with van der Waals surface area (Å²) < 4.78 is 0. The van der Waals surface area contributed by atoms with Crippen LogP contribution >= 0.6 is 11.3 Å². The summed E-state index contributed by atoms with van der Waals surface area (Å²) in [4.78, 5) is 33.7.